The second-order valence-electron chi connectivity index (χ2n) is 5.66. The minimum Gasteiger partial charge on any atom is -0.465 e. The summed E-state index contributed by atoms with van der Waals surface area (Å²) in [4.78, 5) is 0.151. The molecule has 0 bridgehead atoms. The van der Waals surface area contributed by atoms with Crippen LogP contribution in [0.25, 0.3) is 0 Å². The van der Waals surface area contributed by atoms with Gasteiger partial charge >= 0.3 is 0 Å². The van der Waals surface area contributed by atoms with Crippen molar-refractivity contribution in [2.24, 2.45) is 5.92 Å². The predicted molar refractivity (Wildman–Crippen MR) is 75.9 cm³/mol. The summed E-state index contributed by atoms with van der Waals surface area (Å²) in [5.74, 6) is 1.17. The molecular formula is C14H23NO4S. The number of aliphatic hydroxyl groups excluding tert-OH is 1. The molecule has 114 valence electrons. The van der Waals surface area contributed by atoms with Crippen LogP contribution in [0.5, 0.6) is 0 Å². The summed E-state index contributed by atoms with van der Waals surface area (Å²) >= 11 is 0. The number of sulfonamides is 1. The number of furan rings is 1. The first-order valence-corrected chi connectivity index (χ1v) is 8.46. The molecule has 2 heterocycles. The Kier molecular flexibility index (Phi) is 4.27. The fraction of sp³-hybridized carbons (Fsp3) is 0.714. The van der Waals surface area contributed by atoms with Crippen LogP contribution in [0.15, 0.2) is 9.31 Å². The molecule has 2 rings (SSSR count). The standard InChI is InChI=1S/C14H23NO4S/c1-9-6-5-7-15(10(9)2)20(17,18)14-12(4)19-11(3)13(14)8-16/h9-10,16H,5-8H2,1-4H3. The van der Waals surface area contributed by atoms with Gasteiger partial charge in [0.2, 0.25) is 10.0 Å². The Morgan fingerprint density at radius 2 is 1.95 bits per heavy atom. The van der Waals surface area contributed by atoms with Gasteiger partial charge in [-0.25, -0.2) is 8.42 Å². The van der Waals surface area contributed by atoms with Crippen molar-refractivity contribution in [2.75, 3.05) is 6.54 Å². The maximum absolute atomic E-state index is 12.9. The lowest BCUT2D eigenvalue weighted by Crippen LogP contribution is -2.46. The maximum atomic E-state index is 12.9. The first-order chi connectivity index (χ1) is 9.30. The van der Waals surface area contributed by atoms with Gasteiger partial charge in [-0.15, -0.1) is 0 Å². The average molecular weight is 301 g/mol. The highest BCUT2D eigenvalue weighted by molar-refractivity contribution is 7.89. The van der Waals surface area contributed by atoms with E-state index < -0.39 is 10.0 Å². The van der Waals surface area contributed by atoms with Crippen LogP contribution >= 0.6 is 0 Å². The van der Waals surface area contributed by atoms with Gasteiger partial charge in [-0.05, 0) is 39.5 Å². The molecule has 20 heavy (non-hydrogen) atoms. The van der Waals surface area contributed by atoms with Crippen molar-refractivity contribution in [1.82, 2.24) is 4.31 Å². The van der Waals surface area contributed by atoms with Gasteiger partial charge < -0.3 is 9.52 Å². The monoisotopic (exact) mass is 301 g/mol. The molecule has 0 amide bonds. The molecule has 0 aromatic carbocycles. The summed E-state index contributed by atoms with van der Waals surface area (Å²) in [6, 6.07) is -0.0325. The van der Waals surface area contributed by atoms with Crippen molar-refractivity contribution < 1.29 is 17.9 Å². The van der Waals surface area contributed by atoms with E-state index in [-0.39, 0.29) is 17.5 Å². The molecule has 0 radical (unpaired) electrons. The number of aryl methyl sites for hydroxylation is 2. The normalized spacial score (nSPS) is 25.1. The van der Waals surface area contributed by atoms with Crippen LogP contribution in [0, 0.1) is 19.8 Å². The summed E-state index contributed by atoms with van der Waals surface area (Å²) in [6.07, 6.45) is 1.92. The molecule has 0 saturated carbocycles. The number of hydrogen-bond donors (Lipinski definition) is 1. The van der Waals surface area contributed by atoms with E-state index in [0.29, 0.717) is 29.5 Å². The highest BCUT2D eigenvalue weighted by atomic mass is 32.2. The number of aliphatic hydroxyl groups is 1. The largest absolute Gasteiger partial charge is 0.465 e. The third-order valence-corrected chi connectivity index (χ3v) is 6.55. The molecule has 1 saturated heterocycles. The number of hydrogen-bond acceptors (Lipinski definition) is 4. The first-order valence-electron chi connectivity index (χ1n) is 7.02. The van der Waals surface area contributed by atoms with Gasteiger partial charge in [0.15, 0.2) is 0 Å². The molecule has 0 spiro atoms. The quantitative estimate of drug-likeness (QED) is 0.929. The summed E-state index contributed by atoms with van der Waals surface area (Å²) < 4.78 is 32.8. The lowest BCUT2D eigenvalue weighted by molar-refractivity contribution is 0.201. The lowest BCUT2D eigenvalue weighted by Gasteiger charge is -2.36. The molecule has 5 nitrogen and oxygen atoms in total. The number of piperidine rings is 1. The predicted octanol–water partition coefficient (Wildman–Crippen LogP) is 2.20. The van der Waals surface area contributed by atoms with Crippen molar-refractivity contribution in [3.8, 4) is 0 Å². The van der Waals surface area contributed by atoms with Crippen LogP contribution in [0.1, 0.15) is 43.8 Å². The smallest absolute Gasteiger partial charge is 0.247 e. The second kappa shape index (κ2) is 5.50. The molecule has 0 aliphatic carbocycles. The SMILES string of the molecule is Cc1oc(C)c(S(=O)(=O)N2CCCC(C)C2C)c1CO. The minimum atomic E-state index is -3.62. The molecule has 1 aliphatic heterocycles. The third kappa shape index (κ3) is 2.40. The van der Waals surface area contributed by atoms with Crippen molar-refractivity contribution in [3.05, 3.63) is 17.1 Å². The summed E-state index contributed by atoms with van der Waals surface area (Å²) in [7, 11) is -3.62. The summed E-state index contributed by atoms with van der Waals surface area (Å²) in [5.41, 5.74) is 0.382. The van der Waals surface area contributed by atoms with Gasteiger partial charge in [0.1, 0.15) is 16.4 Å². The average Bonchev–Trinajstić information content (AvgIpc) is 2.67. The molecular weight excluding hydrogens is 278 g/mol. The van der Waals surface area contributed by atoms with Crippen molar-refractivity contribution >= 4 is 10.0 Å². The lowest BCUT2D eigenvalue weighted by atomic mass is 9.94. The zero-order chi connectivity index (χ0) is 15.1. The Bertz CT molecular complexity index is 591. The first kappa shape index (κ1) is 15.5. The Labute approximate surface area is 120 Å². The van der Waals surface area contributed by atoms with E-state index >= 15 is 0 Å². The van der Waals surface area contributed by atoms with Gasteiger partial charge in [0, 0.05) is 18.2 Å². The molecule has 1 fully saturated rings. The van der Waals surface area contributed by atoms with Crippen LogP contribution in [0.4, 0.5) is 0 Å². The van der Waals surface area contributed by atoms with E-state index in [1.165, 1.54) is 0 Å². The molecule has 1 aromatic heterocycles. The highest BCUT2D eigenvalue weighted by Crippen LogP contribution is 2.34. The zero-order valence-corrected chi connectivity index (χ0v) is 13.3. The Morgan fingerprint density at radius 1 is 1.30 bits per heavy atom. The van der Waals surface area contributed by atoms with Gasteiger partial charge in [-0.1, -0.05) is 6.92 Å². The van der Waals surface area contributed by atoms with Gasteiger partial charge in [-0.3, -0.25) is 0 Å². The molecule has 1 aromatic rings. The Morgan fingerprint density at radius 3 is 2.55 bits per heavy atom. The third-order valence-electron chi connectivity index (χ3n) is 4.37. The van der Waals surface area contributed by atoms with E-state index in [1.807, 2.05) is 6.92 Å². The fourth-order valence-electron chi connectivity index (χ4n) is 2.98. The highest BCUT2D eigenvalue weighted by Gasteiger charge is 2.38. The Balaban J connectivity index is 2.50. The van der Waals surface area contributed by atoms with E-state index in [4.69, 9.17) is 4.42 Å². The fourth-order valence-corrected chi connectivity index (χ4v) is 5.16. The summed E-state index contributed by atoms with van der Waals surface area (Å²) in [6.45, 7) is 7.55. The molecule has 2 unspecified atom stereocenters. The van der Waals surface area contributed by atoms with Crippen molar-refractivity contribution in [1.29, 1.82) is 0 Å². The van der Waals surface area contributed by atoms with Gasteiger partial charge in [0.25, 0.3) is 0 Å². The van der Waals surface area contributed by atoms with Gasteiger partial charge in [0.05, 0.1) is 6.61 Å². The second-order valence-corrected chi connectivity index (χ2v) is 7.48. The van der Waals surface area contributed by atoms with E-state index in [0.717, 1.165) is 12.8 Å². The molecule has 1 N–H and O–H groups in total. The van der Waals surface area contributed by atoms with Crippen molar-refractivity contribution in [2.45, 2.75) is 58.1 Å². The molecule has 6 heteroatoms. The Hall–Kier alpha value is -0.850. The summed E-state index contributed by atoms with van der Waals surface area (Å²) in [5, 5.41) is 9.45. The zero-order valence-electron chi connectivity index (χ0n) is 12.5. The van der Waals surface area contributed by atoms with E-state index in [2.05, 4.69) is 6.92 Å². The van der Waals surface area contributed by atoms with Crippen LogP contribution < -0.4 is 0 Å². The van der Waals surface area contributed by atoms with E-state index in [9.17, 15) is 13.5 Å². The van der Waals surface area contributed by atoms with Crippen LogP contribution in [-0.2, 0) is 16.6 Å². The molecule has 2 atom stereocenters. The van der Waals surface area contributed by atoms with Crippen LogP contribution in [0.2, 0.25) is 0 Å². The van der Waals surface area contributed by atoms with Crippen LogP contribution in [0.3, 0.4) is 0 Å². The topological polar surface area (TPSA) is 70.8 Å². The minimum absolute atomic E-state index is 0.0325. The van der Waals surface area contributed by atoms with Gasteiger partial charge in [-0.2, -0.15) is 4.31 Å². The van der Waals surface area contributed by atoms with E-state index in [1.54, 1.807) is 18.2 Å². The molecule has 1 aliphatic rings. The van der Waals surface area contributed by atoms with Crippen molar-refractivity contribution in [3.63, 3.8) is 0 Å². The number of rotatable bonds is 3. The maximum Gasteiger partial charge on any atom is 0.247 e. The van der Waals surface area contributed by atoms with Crippen LogP contribution in [-0.4, -0.2) is 30.4 Å². The number of nitrogens with zero attached hydrogens (tertiary/aromatic N) is 1.